The summed E-state index contributed by atoms with van der Waals surface area (Å²) < 4.78 is 13.9. The van der Waals surface area contributed by atoms with Crippen LogP contribution < -0.4 is 4.74 Å². The second-order valence-corrected chi connectivity index (χ2v) is 8.29. The Bertz CT molecular complexity index is 767. The van der Waals surface area contributed by atoms with E-state index in [4.69, 9.17) is 9.47 Å². The first kappa shape index (κ1) is 19.4. The Morgan fingerprint density at radius 3 is 2.67 bits per heavy atom. The molecule has 0 amide bonds. The van der Waals surface area contributed by atoms with Gasteiger partial charge in [-0.2, -0.15) is 5.10 Å². The fourth-order valence-corrected chi connectivity index (χ4v) is 3.74. The third-order valence-corrected chi connectivity index (χ3v) is 5.25. The first-order valence-corrected chi connectivity index (χ1v) is 9.60. The van der Waals surface area contributed by atoms with Crippen molar-refractivity contribution in [1.29, 1.82) is 0 Å². The van der Waals surface area contributed by atoms with Crippen LogP contribution in [0.15, 0.2) is 36.9 Å². The summed E-state index contributed by atoms with van der Waals surface area (Å²) in [5, 5.41) is 4.36. The van der Waals surface area contributed by atoms with Gasteiger partial charge in [0.1, 0.15) is 30.6 Å². The lowest BCUT2D eigenvalue weighted by atomic mass is 9.81. The largest absolute Gasteiger partial charge is 0.489 e. The lowest BCUT2D eigenvalue weighted by Crippen LogP contribution is -2.42. The molecule has 0 saturated heterocycles. The molecule has 3 rings (SSSR count). The van der Waals surface area contributed by atoms with Crippen LogP contribution in [-0.2, 0) is 9.53 Å². The number of hydrogen-bond acceptors (Lipinski definition) is 5. The molecule has 0 radical (unpaired) electrons. The summed E-state index contributed by atoms with van der Waals surface area (Å²) in [5.74, 6) is 0.989. The van der Waals surface area contributed by atoms with Gasteiger partial charge in [-0.1, -0.05) is 52.8 Å². The zero-order valence-corrected chi connectivity index (χ0v) is 16.8. The number of hydrogen-bond donors (Lipinski definition) is 0. The summed E-state index contributed by atoms with van der Waals surface area (Å²) in [4.78, 5) is 16.2. The van der Waals surface area contributed by atoms with Crippen LogP contribution in [0.4, 0.5) is 0 Å². The number of esters is 1. The van der Waals surface area contributed by atoms with Gasteiger partial charge in [-0.3, -0.25) is 4.79 Å². The first-order valence-electron chi connectivity index (χ1n) is 9.60. The second-order valence-electron chi connectivity index (χ2n) is 8.29. The van der Waals surface area contributed by atoms with Gasteiger partial charge < -0.3 is 9.47 Å². The van der Waals surface area contributed by atoms with Gasteiger partial charge in [-0.15, -0.1) is 0 Å². The van der Waals surface area contributed by atoms with Gasteiger partial charge in [0.05, 0.1) is 6.04 Å². The molecule has 0 bridgehead atoms. The lowest BCUT2D eigenvalue weighted by molar-refractivity contribution is -0.159. The van der Waals surface area contributed by atoms with E-state index in [2.05, 4.69) is 43.8 Å². The Kier molecular flexibility index (Phi) is 5.53. The molecule has 27 heavy (non-hydrogen) atoms. The maximum absolute atomic E-state index is 12.1. The quantitative estimate of drug-likeness (QED) is 0.714. The number of carbonyl (C=O) groups excluding carboxylic acids is 1. The molecule has 4 atom stereocenters. The highest BCUT2D eigenvalue weighted by atomic mass is 16.5. The molecule has 6 nitrogen and oxygen atoms in total. The van der Waals surface area contributed by atoms with Gasteiger partial charge in [0.25, 0.3) is 0 Å². The van der Waals surface area contributed by atoms with E-state index in [-0.39, 0.29) is 35.6 Å². The smallest absolute Gasteiger partial charge is 0.305 e. The zero-order chi connectivity index (χ0) is 19.6. The maximum atomic E-state index is 12.1. The molecule has 1 aliphatic rings. The molecule has 4 unspecified atom stereocenters. The maximum Gasteiger partial charge on any atom is 0.305 e. The molecule has 1 aromatic heterocycles. The van der Waals surface area contributed by atoms with Crippen molar-refractivity contribution in [2.24, 2.45) is 5.41 Å². The van der Waals surface area contributed by atoms with E-state index in [9.17, 15) is 4.79 Å². The fraction of sp³-hybridized carbons (Fsp3) is 0.571. The van der Waals surface area contributed by atoms with Crippen molar-refractivity contribution in [2.45, 2.75) is 71.6 Å². The third-order valence-electron chi connectivity index (χ3n) is 5.25. The SMILES string of the molecule is CCC(=O)OC(C(CC1Oc2ccccc2C1C)n1cncn1)C(C)(C)C. The van der Waals surface area contributed by atoms with Gasteiger partial charge in [0.2, 0.25) is 0 Å². The van der Waals surface area contributed by atoms with Crippen LogP contribution in [0.1, 0.15) is 65.0 Å². The summed E-state index contributed by atoms with van der Waals surface area (Å²) >= 11 is 0. The molecule has 0 spiro atoms. The topological polar surface area (TPSA) is 66.2 Å². The zero-order valence-electron chi connectivity index (χ0n) is 16.8. The normalized spacial score (nSPS) is 21.2. The number of benzene rings is 1. The molecule has 1 aromatic carbocycles. The highest BCUT2D eigenvalue weighted by Gasteiger charge is 2.41. The highest BCUT2D eigenvalue weighted by molar-refractivity contribution is 5.69. The van der Waals surface area contributed by atoms with Crippen molar-refractivity contribution < 1.29 is 14.3 Å². The molecule has 0 saturated carbocycles. The second kappa shape index (κ2) is 7.71. The number of carbonyl (C=O) groups is 1. The van der Waals surface area contributed by atoms with Gasteiger partial charge in [0, 0.05) is 29.7 Å². The summed E-state index contributed by atoms with van der Waals surface area (Å²) in [6.45, 7) is 10.2. The number of para-hydroxylation sites is 1. The van der Waals surface area contributed by atoms with Gasteiger partial charge >= 0.3 is 5.97 Å². The molecule has 146 valence electrons. The van der Waals surface area contributed by atoms with Crippen molar-refractivity contribution in [3.8, 4) is 5.75 Å². The van der Waals surface area contributed by atoms with Crippen molar-refractivity contribution in [3.05, 3.63) is 42.5 Å². The Balaban J connectivity index is 1.89. The molecular formula is C21H29N3O3. The fourth-order valence-electron chi connectivity index (χ4n) is 3.74. The molecule has 0 aliphatic carbocycles. The average molecular weight is 371 g/mol. The number of rotatable bonds is 6. The number of fused-ring (bicyclic) bond motifs is 1. The molecule has 0 fully saturated rings. The van der Waals surface area contributed by atoms with Crippen LogP contribution in [0.2, 0.25) is 0 Å². The predicted octanol–water partition coefficient (Wildman–Crippen LogP) is 4.14. The van der Waals surface area contributed by atoms with Crippen LogP contribution in [0.5, 0.6) is 5.75 Å². The molecule has 2 aromatic rings. The van der Waals surface area contributed by atoms with Gasteiger partial charge in [0.15, 0.2) is 0 Å². The van der Waals surface area contributed by atoms with Crippen LogP contribution in [-0.4, -0.2) is 32.9 Å². The van der Waals surface area contributed by atoms with E-state index in [0.717, 1.165) is 5.75 Å². The summed E-state index contributed by atoms with van der Waals surface area (Å²) in [5.41, 5.74) is 0.966. The van der Waals surface area contributed by atoms with E-state index in [1.54, 1.807) is 11.0 Å². The van der Waals surface area contributed by atoms with E-state index in [1.165, 1.54) is 11.9 Å². The van der Waals surface area contributed by atoms with Gasteiger partial charge in [-0.25, -0.2) is 9.67 Å². The van der Waals surface area contributed by atoms with E-state index >= 15 is 0 Å². The molecule has 0 N–H and O–H groups in total. The monoisotopic (exact) mass is 371 g/mol. The number of ether oxygens (including phenoxy) is 2. The third kappa shape index (κ3) is 4.15. The molecular weight excluding hydrogens is 342 g/mol. The van der Waals surface area contributed by atoms with Gasteiger partial charge in [-0.05, 0) is 6.07 Å². The number of aromatic nitrogens is 3. The first-order chi connectivity index (χ1) is 12.8. The summed E-state index contributed by atoms with van der Waals surface area (Å²) in [6.07, 6.45) is 3.88. The Hall–Kier alpha value is -2.37. The summed E-state index contributed by atoms with van der Waals surface area (Å²) in [6, 6.07) is 7.99. The minimum absolute atomic E-state index is 0.0122. The Morgan fingerprint density at radius 2 is 2.07 bits per heavy atom. The van der Waals surface area contributed by atoms with E-state index in [0.29, 0.717) is 12.8 Å². The minimum atomic E-state index is -0.342. The minimum Gasteiger partial charge on any atom is -0.489 e. The Morgan fingerprint density at radius 1 is 1.33 bits per heavy atom. The van der Waals surface area contributed by atoms with Crippen molar-refractivity contribution in [3.63, 3.8) is 0 Å². The highest BCUT2D eigenvalue weighted by Crippen LogP contribution is 2.43. The molecule has 1 aliphatic heterocycles. The predicted molar refractivity (Wildman–Crippen MR) is 103 cm³/mol. The van der Waals surface area contributed by atoms with Crippen molar-refractivity contribution in [2.75, 3.05) is 0 Å². The summed E-state index contributed by atoms with van der Waals surface area (Å²) in [7, 11) is 0. The van der Waals surface area contributed by atoms with Crippen molar-refractivity contribution >= 4 is 5.97 Å². The van der Waals surface area contributed by atoms with Crippen LogP contribution in [0.25, 0.3) is 0 Å². The van der Waals surface area contributed by atoms with E-state index in [1.807, 2.05) is 25.1 Å². The van der Waals surface area contributed by atoms with Crippen LogP contribution >= 0.6 is 0 Å². The van der Waals surface area contributed by atoms with Crippen LogP contribution in [0, 0.1) is 5.41 Å². The van der Waals surface area contributed by atoms with Crippen molar-refractivity contribution in [1.82, 2.24) is 14.8 Å². The van der Waals surface area contributed by atoms with Crippen LogP contribution in [0.3, 0.4) is 0 Å². The average Bonchev–Trinajstić information content (AvgIpc) is 3.26. The molecule has 6 heteroatoms. The molecule has 2 heterocycles. The Labute approximate surface area is 160 Å². The standard InChI is InChI=1S/C21H29N3O3/c1-6-19(25)27-20(21(3,4)5)16(24-13-22-12-23-24)11-18-14(2)15-9-7-8-10-17(15)26-18/h7-10,12-14,16,18,20H,6,11H2,1-5H3. The van der Waals surface area contributed by atoms with E-state index < -0.39 is 0 Å². The lowest BCUT2D eigenvalue weighted by Gasteiger charge is -2.37. The number of nitrogens with zero attached hydrogens (tertiary/aromatic N) is 3.